The van der Waals surface area contributed by atoms with Crippen LogP contribution in [0.3, 0.4) is 0 Å². The Kier molecular flexibility index (Phi) is 6.26. The van der Waals surface area contributed by atoms with Gasteiger partial charge in [0.1, 0.15) is 17.4 Å². The van der Waals surface area contributed by atoms with Crippen LogP contribution in [-0.2, 0) is 6.54 Å². The fourth-order valence-corrected chi connectivity index (χ4v) is 3.42. The summed E-state index contributed by atoms with van der Waals surface area (Å²) in [6.07, 6.45) is -1.37. The topological polar surface area (TPSA) is 51.1 Å². The molecular formula is C25H21F3N4O. The van der Waals surface area contributed by atoms with Gasteiger partial charge < -0.3 is 9.64 Å². The van der Waals surface area contributed by atoms with Crippen molar-refractivity contribution in [1.82, 2.24) is 15.0 Å². The number of halogens is 3. The standard InChI is InChI=1S/C25H21F3N4O/c1-17-30-23(13-24(31-17)32(2)16-18-6-4-3-5-7-18)21-12-20(14-29-15-21)19-8-10-22(11-9-19)33-25(26,27)28/h3-15H,16H2,1-2H3. The lowest BCUT2D eigenvalue weighted by Gasteiger charge is -2.19. The normalized spacial score (nSPS) is 11.3. The van der Waals surface area contributed by atoms with E-state index in [2.05, 4.69) is 31.8 Å². The van der Waals surface area contributed by atoms with Crippen LogP contribution in [0.5, 0.6) is 5.75 Å². The molecule has 2 heterocycles. The smallest absolute Gasteiger partial charge is 0.406 e. The van der Waals surface area contributed by atoms with E-state index in [1.807, 2.05) is 49.2 Å². The molecule has 4 aromatic rings. The zero-order chi connectivity index (χ0) is 23.4. The molecule has 0 atom stereocenters. The van der Waals surface area contributed by atoms with E-state index >= 15 is 0 Å². The second kappa shape index (κ2) is 9.28. The minimum atomic E-state index is -4.72. The Morgan fingerprint density at radius 3 is 2.24 bits per heavy atom. The Morgan fingerprint density at radius 1 is 0.848 bits per heavy atom. The highest BCUT2D eigenvalue weighted by Gasteiger charge is 2.30. The molecule has 0 aliphatic rings. The third kappa shape index (κ3) is 5.85. The molecule has 0 spiro atoms. The lowest BCUT2D eigenvalue weighted by Crippen LogP contribution is -2.18. The molecule has 0 aliphatic carbocycles. The summed E-state index contributed by atoms with van der Waals surface area (Å²) in [5.41, 5.74) is 4.12. The summed E-state index contributed by atoms with van der Waals surface area (Å²) in [6.45, 7) is 2.53. The largest absolute Gasteiger partial charge is 0.573 e. The highest BCUT2D eigenvalue weighted by atomic mass is 19.4. The Balaban J connectivity index is 1.59. The van der Waals surface area contributed by atoms with E-state index in [0.717, 1.165) is 16.9 Å². The fourth-order valence-electron chi connectivity index (χ4n) is 3.42. The van der Waals surface area contributed by atoms with Crippen molar-refractivity contribution in [3.05, 3.63) is 90.5 Å². The maximum Gasteiger partial charge on any atom is 0.573 e. The number of hydrogen-bond acceptors (Lipinski definition) is 5. The summed E-state index contributed by atoms with van der Waals surface area (Å²) in [7, 11) is 1.97. The van der Waals surface area contributed by atoms with Crippen LogP contribution in [0.1, 0.15) is 11.4 Å². The van der Waals surface area contributed by atoms with Crippen LogP contribution in [0, 0.1) is 6.92 Å². The number of nitrogens with zero attached hydrogens (tertiary/aromatic N) is 4. The van der Waals surface area contributed by atoms with Crippen molar-refractivity contribution < 1.29 is 17.9 Å². The molecule has 0 saturated heterocycles. The van der Waals surface area contributed by atoms with Crippen molar-refractivity contribution in [3.8, 4) is 28.1 Å². The van der Waals surface area contributed by atoms with E-state index in [4.69, 9.17) is 0 Å². The van der Waals surface area contributed by atoms with Gasteiger partial charge in [-0.05, 0) is 36.2 Å². The molecule has 5 nitrogen and oxygen atoms in total. The van der Waals surface area contributed by atoms with Crippen molar-refractivity contribution in [1.29, 1.82) is 0 Å². The molecule has 0 aliphatic heterocycles. The van der Waals surface area contributed by atoms with E-state index < -0.39 is 6.36 Å². The van der Waals surface area contributed by atoms with E-state index in [9.17, 15) is 13.2 Å². The maximum atomic E-state index is 12.4. The SMILES string of the molecule is Cc1nc(-c2cncc(-c3ccc(OC(F)(F)F)cc3)c2)cc(N(C)Cc2ccccc2)n1. The number of anilines is 1. The number of benzene rings is 2. The van der Waals surface area contributed by atoms with Crippen LogP contribution in [0.25, 0.3) is 22.4 Å². The third-order valence-electron chi connectivity index (χ3n) is 4.93. The summed E-state index contributed by atoms with van der Waals surface area (Å²) < 4.78 is 41.1. The van der Waals surface area contributed by atoms with Gasteiger partial charge in [-0.15, -0.1) is 13.2 Å². The Bertz CT molecular complexity index is 1230. The van der Waals surface area contributed by atoms with E-state index in [1.54, 1.807) is 24.5 Å². The van der Waals surface area contributed by atoms with Gasteiger partial charge in [0.05, 0.1) is 5.69 Å². The van der Waals surface area contributed by atoms with Crippen LogP contribution in [0.4, 0.5) is 19.0 Å². The number of aryl methyl sites for hydroxylation is 1. The van der Waals surface area contributed by atoms with Gasteiger partial charge >= 0.3 is 6.36 Å². The van der Waals surface area contributed by atoms with Crippen molar-refractivity contribution in [2.24, 2.45) is 0 Å². The van der Waals surface area contributed by atoms with Gasteiger partial charge in [-0.2, -0.15) is 0 Å². The molecule has 33 heavy (non-hydrogen) atoms. The molecule has 4 rings (SSSR count). The van der Waals surface area contributed by atoms with Gasteiger partial charge in [0.15, 0.2) is 0 Å². The number of pyridine rings is 1. The Hall–Kier alpha value is -3.94. The minimum absolute atomic E-state index is 0.270. The summed E-state index contributed by atoms with van der Waals surface area (Å²) in [4.78, 5) is 15.5. The quantitative estimate of drug-likeness (QED) is 0.358. The number of ether oxygens (including phenoxy) is 1. The predicted molar refractivity (Wildman–Crippen MR) is 121 cm³/mol. The molecule has 8 heteroatoms. The molecule has 168 valence electrons. The fraction of sp³-hybridized carbons (Fsp3) is 0.160. The Morgan fingerprint density at radius 2 is 1.55 bits per heavy atom. The number of alkyl halides is 3. The summed E-state index contributed by atoms with van der Waals surface area (Å²) in [5.74, 6) is 1.13. The van der Waals surface area contributed by atoms with Gasteiger partial charge in [0.2, 0.25) is 0 Å². The first-order valence-electron chi connectivity index (χ1n) is 10.2. The maximum absolute atomic E-state index is 12.4. The summed E-state index contributed by atoms with van der Waals surface area (Å²) in [6, 6.07) is 19.6. The van der Waals surface area contributed by atoms with Crippen molar-refractivity contribution in [2.75, 3.05) is 11.9 Å². The van der Waals surface area contributed by atoms with Gasteiger partial charge in [-0.25, -0.2) is 9.97 Å². The summed E-state index contributed by atoms with van der Waals surface area (Å²) >= 11 is 0. The van der Waals surface area contributed by atoms with Gasteiger partial charge in [0, 0.05) is 43.2 Å². The molecule has 0 saturated carbocycles. The van der Waals surface area contributed by atoms with Crippen molar-refractivity contribution in [3.63, 3.8) is 0 Å². The molecule has 0 amide bonds. The average Bonchev–Trinajstić information content (AvgIpc) is 2.79. The highest BCUT2D eigenvalue weighted by molar-refractivity contribution is 5.71. The lowest BCUT2D eigenvalue weighted by atomic mass is 10.0. The first kappa shape index (κ1) is 22.3. The molecule has 0 radical (unpaired) electrons. The van der Waals surface area contributed by atoms with E-state index in [-0.39, 0.29) is 5.75 Å². The first-order chi connectivity index (χ1) is 15.8. The average molecular weight is 450 g/mol. The van der Waals surface area contributed by atoms with Crippen LogP contribution >= 0.6 is 0 Å². The van der Waals surface area contributed by atoms with Gasteiger partial charge in [-0.1, -0.05) is 42.5 Å². The second-order valence-corrected chi connectivity index (χ2v) is 7.53. The van der Waals surface area contributed by atoms with Crippen LogP contribution in [0.2, 0.25) is 0 Å². The van der Waals surface area contributed by atoms with Crippen LogP contribution < -0.4 is 9.64 Å². The van der Waals surface area contributed by atoms with Gasteiger partial charge in [-0.3, -0.25) is 4.98 Å². The third-order valence-corrected chi connectivity index (χ3v) is 4.93. The number of hydrogen-bond donors (Lipinski definition) is 0. The molecule has 2 aromatic heterocycles. The lowest BCUT2D eigenvalue weighted by molar-refractivity contribution is -0.274. The van der Waals surface area contributed by atoms with Crippen LogP contribution in [-0.4, -0.2) is 28.4 Å². The predicted octanol–water partition coefficient (Wildman–Crippen LogP) is 6.05. The minimum Gasteiger partial charge on any atom is -0.406 e. The first-order valence-corrected chi connectivity index (χ1v) is 10.2. The molecule has 0 fully saturated rings. The van der Waals surface area contributed by atoms with Crippen LogP contribution in [0.15, 0.2) is 79.1 Å². The molecule has 2 aromatic carbocycles. The highest BCUT2D eigenvalue weighted by Crippen LogP contribution is 2.29. The van der Waals surface area contributed by atoms with E-state index in [0.29, 0.717) is 23.6 Å². The molecule has 0 unspecified atom stereocenters. The van der Waals surface area contributed by atoms with Crippen molar-refractivity contribution >= 4 is 5.82 Å². The van der Waals surface area contributed by atoms with Gasteiger partial charge in [0.25, 0.3) is 0 Å². The second-order valence-electron chi connectivity index (χ2n) is 7.53. The zero-order valence-electron chi connectivity index (χ0n) is 18.0. The number of aromatic nitrogens is 3. The Labute approximate surface area is 189 Å². The molecular weight excluding hydrogens is 429 g/mol. The monoisotopic (exact) mass is 450 g/mol. The van der Waals surface area contributed by atoms with Crippen molar-refractivity contribution in [2.45, 2.75) is 19.8 Å². The van der Waals surface area contributed by atoms with E-state index in [1.165, 1.54) is 17.7 Å². The molecule has 0 bridgehead atoms. The summed E-state index contributed by atoms with van der Waals surface area (Å²) in [5, 5.41) is 0. The zero-order valence-corrected chi connectivity index (χ0v) is 18.0. The number of rotatable bonds is 6. The molecule has 0 N–H and O–H groups in total.